The molecule has 0 amide bonds. The van der Waals surface area contributed by atoms with E-state index in [0.717, 1.165) is 12.8 Å². The van der Waals surface area contributed by atoms with Gasteiger partial charge >= 0.3 is 0 Å². The first kappa shape index (κ1) is 17.5. The Hall–Kier alpha value is -0.820. The number of benzene rings is 1. The summed E-state index contributed by atoms with van der Waals surface area (Å²) in [5.74, 6) is 0.605. The van der Waals surface area contributed by atoms with Crippen LogP contribution < -0.4 is 10.1 Å². The number of halogens is 1. The molecule has 22 heavy (non-hydrogen) atoms. The van der Waals surface area contributed by atoms with Gasteiger partial charge in [-0.2, -0.15) is 4.31 Å². The molecule has 7 heteroatoms. The van der Waals surface area contributed by atoms with Gasteiger partial charge in [-0.1, -0.05) is 6.07 Å². The number of sulfonamides is 1. The van der Waals surface area contributed by atoms with Crippen LogP contribution in [-0.2, 0) is 10.0 Å². The highest BCUT2D eigenvalue weighted by Gasteiger charge is 2.34. The summed E-state index contributed by atoms with van der Waals surface area (Å²) in [7, 11) is -3.44. The Morgan fingerprint density at radius 3 is 2.82 bits per heavy atom. The van der Waals surface area contributed by atoms with Gasteiger partial charge in [-0.3, -0.25) is 0 Å². The second-order valence-corrected chi connectivity index (χ2v) is 7.64. The minimum Gasteiger partial charge on any atom is -0.494 e. The topological polar surface area (TPSA) is 58.6 Å². The predicted octanol–water partition coefficient (Wildman–Crippen LogP) is 2.02. The third-order valence-corrected chi connectivity index (χ3v) is 6.10. The molecule has 2 unspecified atom stereocenters. The number of rotatable bonds is 4. The highest BCUT2D eigenvalue weighted by molar-refractivity contribution is 7.89. The van der Waals surface area contributed by atoms with Crippen LogP contribution in [0.25, 0.3) is 0 Å². The van der Waals surface area contributed by atoms with Crippen LogP contribution in [0.2, 0.25) is 0 Å². The molecule has 2 fully saturated rings. The van der Waals surface area contributed by atoms with Crippen molar-refractivity contribution in [1.29, 1.82) is 0 Å². The third-order valence-electron chi connectivity index (χ3n) is 4.24. The maximum absolute atomic E-state index is 12.8. The number of nitrogens with one attached hydrogen (secondary N) is 1. The molecule has 124 valence electrons. The van der Waals surface area contributed by atoms with Crippen LogP contribution in [0.5, 0.6) is 5.75 Å². The summed E-state index contributed by atoms with van der Waals surface area (Å²) in [6.07, 6.45) is 3.12. The molecule has 0 aromatic heterocycles. The molecule has 0 aliphatic carbocycles. The van der Waals surface area contributed by atoms with Crippen LogP contribution >= 0.6 is 12.4 Å². The van der Waals surface area contributed by atoms with Crippen molar-refractivity contribution in [3.8, 4) is 5.75 Å². The molecule has 1 aromatic rings. The van der Waals surface area contributed by atoms with Gasteiger partial charge in [-0.05, 0) is 38.3 Å². The Kier molecular flexibility index (Phi) is 5.71. The molecule has 1 aromatic carbocycles. The molecule has 3 rings (SSSR count). The Bertz CT molecular complexity index is 609. The molecule has 2 bridgehead atoms. The van der Waals surface area contributed by atoms with E-state index in [2.05, 4.69) is 5.32 Å². The van der Waals surface area contributed by atoms with E-state index in [1.807, 2.05) is 6.92 Å². The number of hydrogen-bond acceptors (Lipinski definition) is 4. The van der Waals surface area contributed by atoms with E-state index in [0.29, 0.717) is 42.4 Å². The number of nitrogens with zero attached hydrogens (tertiary/aromatic N) is 1. The van der Waals surface area contributed by atoms with Gasteiger partial charge in [0.2, 0.25) is 10.0 Å². The third kappa shape index (κ3) is 3.56. The van der Waals surface area contributed by atoms with E-state index in [1.54, 1.807) is 28.6 Å². The van der Waals surface area contributed by atoms with Crippen molar-refractivity contribution in [2.24, 2.45) is 0 Å². The second-order valence-electron chi connectivity index (χ2n) is 5.70. The van der Waals surface area contributed by atoms with Crippen LogP contribution in [0.15, 0.2) is 29.2 Å². The van der Waals surface area contributed by atoms with Crippen molar-refractivity contribution in [3.63, 3.8) is 0 Å². The van der Waals surface area contributed by atoms with E-state index in [-0.39, 0.29) is 12.4 Å². The zero-order chi connectivity index (χ0) is 14.9. The Morgan fingerprint density at radius 2 is 2.05 bits per heavy atom. The summed E-state index contributed by atoms with van der Waals surface area (Å²) in [5.41, 5.74) is 0. The Balaban J connectivity index is 0.00000176. The number of hydrogen-bond donors (Lipinski definition) is 1. The van der Waals surface area contributed by atoms with Crippen LogP contribution in [0, 0.1) is 0 Å². The lowest BCUT2D eigenvalue weighted by Crippen LogP contribution is -2.39. The van der Waals surface area contributed by atoms with E-state index < -0.39 is 10.0 Å². The standard InChI is InChI=1S/C15H22N2O3S.ClH/c1-2-20-14-4-3-5-15(10-14)21(18,19)17-9-8-12-6-7-13(11-17)16-12;/h3-5,10,12-13,16H,2,6-9,11H2,1H3;1H. The molecule has 2 aliphatic rings. The Labute approximate surface area is 138 Å². The van der Waals surface area contributed by atoms with Crippen molar-refractivity contribution >= 4 is 22.4 Å². The van der Waals surface area contributed by atoms with Gasteiger partial charge in [0, 0.05) is 31.2 Å². The van der Waals surface area contributed by atoms with E-state index in [4.69, 9.17) is 4.74 Å². The van der Waals surface area contributed by atoms with Gasteiger partial charge in [-0.25, -0.2) is 8.42 Å². The first-order chi connectivity index (χ1) is 10.1. The zero-order valence-electron chi connectivity index (χ0n) is 12.7. The normalized spacial score (nSPS) is 25.3. The summed E-state index contributed by atoms with van der Waals surface area (Å²) >= 11 is 0. The lowest BCUT2D eigenvalue weighted by atomic mass is 10.1. The number of ether oxygens (including phenoxy) is 1. The summed E-state index contributed by atoms with van der Waals surface area (Å²) < 4.78 is 32.7. The minimum absolute atomic E-state index is 0. The fraction of sp³-hybridized carbons (Fsp3) is 0.600. The maximum Gasteiger partial charge on any atom is 0.243 e. The predicted molar refractivity (Wildman–Crippen MR) is 88.2 cm³/mol. The van der Waals surface area contributed by atoms with Gasteiger partial charge in [0.1, 0.15) is 5.75 Å². The minimum atomic E-state index is -3.44. The summed E-state index contributed by atoms with van der Waals surface area (Å²) in [6, 6.07) is 7.56. The van der Waals surface area contributed by atoms with Gasteiger partial charge < -0.3 is 10.1 Å². The highest BCUT2D eigenvalue weighted by atomic mass is 35.5. The quantitative estimate of drug-likeness (QED) is 0.906. The molecule has 2 aliphatic heterocycles. The Morgan fingerprint density at radius 1 is 1.27 bits per heavy atom. The smallest absolute Gasteiger partial charge is 0.243 e. The molecule has 2 heterocycles. The molecule has 0 radical (unpaired) electrons. The van der Waals surface area contributed by atoms with Crippen LogP contribution in [0.4, 0.5) is 0 Å². The molecule has 0 saturated carbocycles. The van der Waals surface area contributed by atoms with Crippen LogP contribution in [-0.4, -0.2) is 44.5 Å². The molecule has 2 saturated heterocycles. The van der Waals surface area contributed by atoms with Crippen molar-refractivity contribution in [2.45, 2.75) is 43.2 Å². The molecular formula is C15H23ClN2O3S. The van der Waals surface area contributed by atoms with Crippen molar-refractivity contribution in [1.82, 2.24) is 9.62 Å². The average molecular weight is 347 g/mol. The lowest BCUT2D eigenvalue weighted by molar-refractivity contribution is 0.338. The van der Waals surface area contributed by atoms with Crippen LogP contribution in [0.1, 0.15) is 26.2 Å². The molecule has 1 N–H and O–H groups in total. The summed E-state index contributed by atoms with van der Waals surface area (Å²) in [4.78, 5) is 0.325. The van der Waals surface area contributed by atoms with E-state index >= 15 is 0 Å². The van der Waals surface area contributed by atoms with Gasteiger partial charge in [0.25, 0.3) is 0 Å². The first-order valence-electron chi connectivity index (χ1n) is 7.58. The van der Waals surface area contributed by atoms with E-state index in [1.165, 1.54) is 6.42 Å². The maximum atomic E-state index is 12.8. The second kappa shape index (κ2) is 7.17. The van der Waals surface area contributed by atoms with Crippen molar-refractivity contribution < 1.29 is 13.2 Å². The van der Waals surface area contributed by atoms with Crippen molar-refractivity contribution in [3.05, 3.63) is 24.3 Å². The zero-order valence-corrected chi connectivity index (χ0v) is 14.3. The highest BCUT2D eigenvalue weighted by Crippen LogP contribution is 2.26. The van der Waals surface area contributed by atoms with Gasteiger partial charge in [0.05, 0.1) is 11.5 Å². The van der Waals surface area contributed by atoms with Crippen molar-refractivity contribution in [2.75, 3.05) is 19.7 Å². The van der Waals surface area contributed by atoms with Crippen LogP contribution in [0.3, 0.4) is 0 Å². The SMILES string of the molecule is CCOc1cccc(S(=O)(=O)N2CCC3CCC(C2)N3)c1.Cl. The first-order valence-corrected chi connectivity index (χ1v) is 9.02. The molecule has 5 nitrogen and oxygen atoms in total. The average Bonchev–Trinajstić information content (AvgIpc) is 2.78. The van der Waals surface area contributed by atoms with Gasteiger partial charge in [-0.15, -0.1) is 12.4 Å². The van der Waals surface area contributed by atoms with Gasteiger partial charge in [0.15, 0.2) is 0 Å². The van der Waals surface area contributed by atoms with E-state index in [9.17, 15) is 8.42 Å². The monoisotopic (exact) mass is 346 g/mol. The molecule has 0 spiro atoms. The fourth-order valence-electron chi connectivity index (χ4n) is 3.17. The largest absolute Gasteiger partial charge is 0.494 e. The molecule has 2 atom stereocenters. The fourth-order valence-corrected chi connectivity index (χ4v) is 4.71. The summed E-state index contributed by atoms with van der Waals surface area (Å²) in [5, 5.41) is 3.51. The number of fused-ring (bicyclic) bond motifs is 2. The lowest BCUT2D eigenvalue weighted by Gasteiger charge is -2.23. The molecular weight excluding hydrogens is 324 g/mol. The summed E-state index contributed by atoms with van der Waals surface area (Å²) in [6.45, 7) is 3.58.